The van der Waals surface area contributed by atoms with E-state index in [1.54, 1.807) is 38.0 Å². The molecule has 9 heteroatoms. The van der Waals surface area contributed by atoms with Crippen molar-refractivity contribution >= 4 is 17.4 Å². The molecular formula is C23H28N4O5. The maximum absolute atomic E-state index is 13.1. The number of H-pyrrole nitrogens is 1. The highest BCUT2D eigenvalue weighted by molar-refractivity contribution is 6.46. The second-order valence-corrected chi connectivity index (χ2v) is 8.03. The fourth-order valence-corrected chi connectivity index (χ4v) is 4.35. The zero-order valence-corrected chi connectivity index (χ0v) is 18.6. The van der Waals surface area contributed by atoms with Gasteiger partial charge in [-0.15, -0.1) is 0 Å². The molecule has 9 nitrogen and oxygen atoms in total. The van der Waals surface area contributed by atoms with Crippen molar-refractivity contribution in [1.82, 2.24) is 20.0 Å². The number of carbonyl (C=O) groups is 2. The summed E-state index contributed by atoms with van der Waals surface area (Å²) < 4.78 is 10.6. The summed E-state index contributed by atoms with van der Waals surface area (Å²) in [6.45, 7) is 7.37. The Balaban J connectivity index is 1.75. The van der Waals surface area contributed by atoms with Crippen LogP contribution in [0.5, 0.6) is 5.75 Å². The number of methoxy groups -OCH3 is 1. The van der Waals surface area contributed by atoms with Gasteiger partial charge >= 0.3 is 0 Å². The smallest absolute Gasteiger partial charge is 0.295 e. The van der Waals surface area contributed by atoms with Crippen LogP contribution >= 0.6 is 0 Å². The quantitative estimate of drug-likeness (QED) is 0.401. The maximum Gasteiger partial charge on any atom is 0.295 e. The molecule has 0 unspecified atom stereocenters. The Labute approximate surface area is 186 Å². The van der Waals surface area contributed by atoms with Gasteiger partial charge in [-0.25, -0.2) is 0 Å². The SMILES string of the molecule is COc1ccc([C@H]2C(=C(O)c3c(C)n[nH]c3C)C(=O)C(=O)N2CCN2CCOCC2)cc1. The molecule has 3 heterocycles. The van der Waals surface area contributed by atoms with Crippen molar-refractivity contribution in [1.29, 1.82) is 0 Å². The number of nitrogens with zero attached hydrogens (tertiary/aromatic N) is 3. The Kier molecular flexibility index (Phi) is 6.29. The monoisotopic (exact) mass is 440 g/mol. The summed E-state index contributed by atoms with van der Waals surface area (Å²) in [7, 11) is 1.58. The zero-order chi connectivity index (χ0) is 22.8. The van der Waals surface area contributed by atoms with Crippen LogP contribution in [0.15, 0.2) is 29.8 Å². The van der Waals surface area contributed by atoms with Crippen molar-refractivity contribution in [3.63, 3.8) is 0 Å². The van der Waals surface area contributed by atoms with Crippen LogP contribution in [0, 0.1) is 13.8 Å². The molecular weight excluding hydrogens is 412 g/mol. The number of hydrogen-bond acceptors (Lipinski definition) is 7. The normalized spacial score (nSPS) is 21.3. The first-order valence-electron chi connectivity index (χ1n) is 10.7. The average molecular weight is 441 g/mol. The van der Waals surface area contributed by atoms with E-state index >= 15 is 0 Å². The highest BCUT2D eigenvalue weighted by Gasteiger charge is 2.46. The van der Waals surface area contributed by atoms with Crippen LogP contribution < -0.4 is 4.74 Å². The van der Waals surface area contributed by atoms with Gasteiger partial charge in [0.1, 0.15) is 11.5 Å². The molecule has 4 rings (SSSR count). The molecule has 2 fully saturated rings. The van der Waals surface area contributed by atoms with Gasteiger partial charge < -0.3 is 19.5 Å². The Morgan fingerprint density at radius 3 is 2.47 bits per heavy atom. The number of aliphatic hydroxyl groups excluding tert-OH is 1. The van der Waals surface area contributed by atoms with Crippen molar-refractivity contribution < 1.29 is 24.2 Å². The first kappa shape index (κ1) is 22.0. The summed E-state index contributed by atoms with van der Waals surface area (Å²) >= 11 is 0. The van der Waals surface area contributed by atoms with Crippen LogP contribution in [0.2, 0.25) is 0 Å². The molecule has 0 radical (unpaired) electrons. The second kappa shape index (κ2) is 9.13. The molecule has 0 bridgehead atoms. The van der Waals surface area contributed by atoms with E-state index in [0.717, 1.165) is 18.7 Å². The minimum absolute atomic E-state index is 0.0785. The molecule has 2 saturated heterocycles. The third-order valence-electron chi connectivity index (χ3n) is 6.10. The van der Waals surface area contributed by atoms with Gasteiger partial charge in [0.05, 0.1) is 43.2 Å². The number of carbonyl (C=O) groups excluding carboxylic acids is 2. The number of rotatable bonds is 6. The number of Topliss-reactive ketones (excluding diaryl/α,β-unsaturated/α-hetero) is 1. The fraction of sp³-hybridized carbons (Fsp3) is 0.435. The van der Waals surface area contributed by atoms with Gasteiger partial charge in [0.2, 0.25) is 0 Å². The molecule has 32 heavy (non-hydrogen) atoms. The first-order valence-corrected chi connectivity index (χ1v) is 10.7. The molecule has 0 spiro atoms. The number of nitrogens with one attached hydrogen (secondary N) is 1. The molecule has 2 aliphatic heterocycles. The maximum atomic E-state index is 13.1. The van der Waals surface area contributed by atoms with Crippen molar-refractivity contribution in [3.8, 4) is 5.75 Å². The Hall–Kier alpha value is -3.17. The molecule has 1 atom stereocenters. The standard InChI is InChI=1S/C23H28N4O5/c1-14-18(15(2)25-24-14)21(28)19-20(16-4-6-17(31-3)7-5-16)27(23(30)22(19)29)9-8-26-10-12-32-13-11-26/h4-7,20,28H,8-13H2,1-3H3,(H,24,25)/t20-/m0/s1. The third-order valence-corrected chi connectivity index (χ3v) is 6.10. The van der Waals surface area contributed by atoms with Crippen molar-refractivity contribution in [2.45, 2.75) is 19.9 Å². The van der Waals surface area contributed by atoms with E-state index in [9.17, 15) is 14.7 Å². The molecule has 0 aliphatic carbocycles. The summed E-state index contributed by atoms with van der Waals surface area (Å²) in [5.74, 6) is -0.841. The van der Waals surface area contributed by atoms with Crippen LogP contribution in [0.3, 0.4) is 0 Å². The lowest BCUT2D eigenvalue weighted by Crippen LogP contribution is -2.42. The number of aromatic nitrogens is 2. The minimum atomic E-state index is -0.698. The molecule has 2 aromatic rings. The van der Waals surface area contributed by atoms with Gasteiger partial charge in [0, 0.05) is 31.9 Å². The zero-order valence-electron chi connectivity index (χ0n) is 18.6. The third kappa shape index (κ3) is 4.01. The van der Waals surface area contributed by atoms with E-state index in [2.05, 4.69) is 15.1 Å². The Morgan fingerprint density at radius 2 is 1.88 bits per heavy atom. The number of aliphatic hydroxyl groups is 1. The average Bonchev–Trinajstić information content (AvgIpc) is 3.28. The fourth-order valence-electron chi connectivity index (χ4n) is 4.35. The predicted octanol–water partition coefficient (Wildman–Crippen LogP) is 1.79. The number of likely N-dealkylation sites (tertiary alicyclic amines) is 1. The minimum Gasteiger partial charge on any atom is -0.507 e. The van der Waals surface area contributed by atoms with Crippen LogP contribution in [0.25, 0.3) is 5.76 Å². The highest BCUT2D eigenvalue weighted by atomic mass is 16.5. The lowest BCUT2D eigenvalue weighted by Gasteiger charge is -2.31. The topological polar surface area (TPSA) is 108 Å². The predicted molar refractivity (Wildman–Crippen MR) is 117 cm³/mol. The largest absolute Gasteiger partial charge is 0.507 e. The van der Waals surface area contributed by atoms with Crippen molar-refractivity contribution in [3.05, 3.63) is 52.4 Å². The van der Waals surface area contributed by atoms with E-state index in [4.69, 9.17) is 9.47 Å². The summed E-state index contributed by atoms with van der Waals surface area (Å²) in [6.07, 6.45) is 0. The first-order chi connectivity index (χ1) is 15.4. The van der Waals surface area contributed by atoms with Gasteiger partial charge in [-0.3, -0.25) is 19.6 Å². The Morgan fingerprint density at radius 1 is 1.19 bits per heavy atom. The number of amides is 1. The molecule has 0 saturated carbocycles. The van der Waals surface area contributed by atoms with E-state index in [1.807, 2.05) is 12.1 Å². The number of benzene rings is 1. The highest BCUT2D eigenvalue weighted by Crippen LogP contribution is 2.40. The Bertz CT molecular complexity index is 1020. The van der Waals surface area contributed by atoms with E-state index in [0.29, 0.717) is 49.0 Å². The van der Waals surface area contributed by atoms with E-state index < -0.39 is 17.7 Å². The number of ether oxygens (including phenoxy) is 2. The lowest BCUT2D eigenvalue weighted by molar-refractivity contribution is -0.140. The number of hydrogen-bond donors (Lipinski definition) is 2. The molecule has 1 amide bonds. The van der Waals surface area contributed by atoms with Crippen LogP contribution in [-0.2, 0) is 14.3 Å². The molecule has 1 aromatic heterocycles. The number of aromatic amines is 1. The van der Waals surface area contributed by atoms with Crippen LogP contribution in [0.4, 0.5) is 0 Å². The van der Waals surface area contributed by atoms with Crippen LogP contribution in [-0.4, -0.2) is 83.3 Å². The summed E-state index contributed by atoms with van der Waals surface area (Å²) in [5.41, 5.74) is 2.46. The van der Waals surface area contributed by atoms with Gasteiger partial charge in [0.15, 0.2) is 0 Å². The summed E-state index contributed by atoms with van der Waals surface area (Å²) in [4.78, 5) is 30.0. The molecule has 1 aromatic carbocycles. The van der Waals surface area contributed by atoms with Gasteiger partial charge in [0.25, 0.3) is 11.7 Å². The van der Waals surface area contributed by atoms with Crippen molar-refractivity contribution in [2.75, 3.05) is 46.5 Å². The van der Waals surface area contributed by atoms with Gasteiger partial charge in [-0.2, -0.15) is 5.10 Å². The molecule has 2 aliphatic rings. The van der Waals surface area contributed by atoms with Gasteiger partial charge in [-0.05, 0) is 31.5 Å². The number of morpholine rings is 1. The molecule has 170 valence electrons. The van der Waals surface area contributed by atoms with Crippen molar-refractivity contribution in [2.24, 2.45) is 0 Å². The lowest BCUT2D eigenvalue weighted by atomic mass is 9.94. The van der Waals surface area contributed by atoms with Gasteiger partial charge in [-0.1, -0.05) is 12.1 Å². The van der Waals surface area contributed by atoms with E-state index in [-0.39, 0.29) is 11.3 Å². The second-order valence-electron chi connectivity index (χ2n) is 8.03. The summed E-state index contributed by atoms with van der Waals surface area (Å²) in [6, 6.07) is 6.51. The number of ketones is 1. The molecule has 2 N–H and O–H groups in total. The van der Waals surface area contributed by atoms with Crippen LogP contribution in [0.1, 0.15) is 28.6 Å². The number of aryl methyl sites for hydroxylation is 2. The summed E-state index contributed by atoms with van der Waals surface area (Å²) in [5, 5.41) is 18.1. The van der Waals surface area contributed by atoms with E-state index in [1.165, 1.54) is 0 Å².